The minimum Gasteiger partial charge on any atom is -0.369 e. The van der Waals surface area contributed by atoms with Gasteiger partial charge in [-0.3, -0.25) is 0 Å². The second-order valence-corrected chi connectivity index (χ2v) is 7.07. The number of aromatic nitrogens is 2. The minimum atomic E-state index is -3.70. The zero-order valence-corrected chi connectivity index (χ0v) is 15.8. The van der Waals surface area contributed by atoms with Gasteiger partial charge in [0, 0.05) is 18.4 Å². The Balaban J connectivity index is 0.00000288. The van der Waals surface area contributed by atoms with Crippen molar-refractivity contribution in [2.45, 2.75) is 11.3 Å². The topological polar surface area (TPSA) is 136 Å². The smallest absolute Gasteiger partial charge is 0.238 e. The molecule has 0 saturated heterocycles. The molecular weight excluding hydrogens is 420 g/mol. The van der Waals surface area contributed by atoms with Gasteiger partial charge in [0.2, 0.25) is 16.0 Å². The van der Waals surface area contributed by atoms with Gasteiger partial charge in [-0.2, -0.15) is 4.98 Å². The highest BCUT2D eigenvalue weighted by Gasteiger charge is 2.08. The van der Waals surface area contributed by atoms with Crippen molar-refractivity contribution in [2.75, 3.05) is 23.7 Å². The van der Waals surface area contributed by atoms with E-state index in [1.807, 2.05) is 0 Å². The van der Waals surface area contributed by atoms with Crippen molar-refractivity contribution < 1.29 is 8.42 Å². The lowest BCUT2D eigenvalue weighted by Crippen LogP contribution is -2.12. The Labute approximate surface area is 155 Å². The molecule has 0 fully saturated rings. The van der Waals surface area contributed by atoms with Gasteiger partial charge < -0.3 is 16.4 Å². The molecule has 0 aliphatic heterocycles. The van der Waals surface area contributed by atoms with E-state index in [0.717, 1.165) is 10.9 Å². The Hall–Kier alpha value is -1.46. The van der Waals surface area contributed by atoms with Crippen LogP contribution in [0.1, 0.15) is 6.42 Å². The highest BCUT2D eigenvalue weighted by molar-refractivity contribution is 9.10. The van der Waals surface area contributed by atoms with E-state index >= 15 is 0 Å². The number of nitrogens with two attached hydrogens (primary N) is 2. The van der Waals surface area contributed by atoms with E-state index in [4.69, 9.17) is 10.9 Å². The molecule has 0 atom stereocenters. The maximum absolute atomic E-state index is 11.2. The maximum atomic E-state index is 11.2. The first-order valence-corrected chi connectivity index (χ1v) is 9.10. The van der Waals surface area contributed by atoms with E-state index in [-0.39, 0.29) is 17.3 Å². The Morgan fingerprint density at radius 2 is 1.88 bits per heavy atom. The summed E-state index contributed by atoms with van der Waals surface area (Å²) in [6.45, 7) is 1.30. The van der Waals surface area contributed by atoms with Crippen LogP contribution in [0.4, 0.5) is 17.5 Å². The zero-order valence-electron chi connectivity index (χ0n) is 12.6. The quantitative estimate of drug-likeness (QED) is 0.485. The number of hydrogen-bond acceptors (Lipinski definition) is 7. The Morgan fingerprint density at radius 1 is 1.21 bits per heavy atom. The number of benzene rings is 1. The second kappa shape index (κ2) is 9.14. The summed E-state index contributed by atoms with van der Waals surface area (Å²) in [5, 5.41) is 11.2. The Bertz CT molecular complexity index is 773. The summed E-state index contributed by atoms with van der Waals surface area (Å²) in [6, 6.07) is 6.01. The molecule has 1 aromatic heterocycles. The number of anilines is 3. The van der Waals surface area contributed by atoms with Crippen LogP contribution >= 0.6 is 28.3 Å². The highest BCUT2D eigenvalue weighted by Crippen LogP contribution is 2.22. The minimum absolute atomic E-state index is 0. The molecule has 0 spiro atoms. The van der Waals surface area contributed by atoms with Gasteiger partial charge >= 0.3 is 0 Å². The van der Waals surface area contributed by atoms with E-state index in [1.165, 1.54) is 12.1 Å². The predicted molar refractivity (Wildman–Crippen MR) is 100 cm³/mol. The average molecular weight is 438 g/mol. The summed E-state index contributed by atoms with van der Waals surface area (Å²) in [5.41, 5.74) is 6.10. The standard InChI is InChI=1S/C13H17BrN6O2S.ClH/c14-11-8-18-13(20-12(11)17-7-1-6-15)19-9-2-4-10(5-3-9)23(16,21)22;/h2-5,8H,1,6-7,15H2,(H2,16,21,22)(H2,17,18,19,20);1H. The van der Waals surface area contributed by atoms with Crippen LogP contribution in [0.3, 0.4) is 0 Å². The maximum Gasteiger partial charge on any atom is 0.238 e. The third kappa shape index (κ3) is 5.87. The van der Waals surface area contributed by atoms with E-state index in [0.29, 0.717) is 30.5 Å². The van der Waals surface area contributed by atoms with Crippen LogP contribution in [0.15, 0.2) is 39.8 Å². The van der Waals surface area contributed by atoms with Gasteiger partial charge in [0.05, 0.1) is 9.37 Å². The summed E-state index contributed by atoms with van der Waals surface area (Å²) in [5.74, 6) is 1.03. The molecule has 0 radical (unpaired) electrons. The molecule has 1 aromatic carbocycles. The van der Waals surface area contributed by atoms with Crippen molar-refractivity contribution in [3.63, 3.8) is 0 Å². The van der Waals surface area contributed by atoms with E-state index < -0.39 is 10.0 Å². The monoisotopic (exact) mass is 436 g/mol. The molecule has 0 aliphatic rings. The molecule has 11 heteroatoms. The summed E-state index contributed by atoms with van der Waals surface area (Å²) in [4.78, 5) is 8.55. The molecule has 6 N–H and O–H groups in total. The SMILES string of the molecule is Cl.NCCCNc1nc(Nc2ccc(S(N)(=O)=O)cc2)ncc1Br. The van der Waals surface area contributed by atoms with Gasteiger partial charge in [-0.15, -0.1) is 12.4 Å². The fraction of sp³-hybridized carbons (Fsp3) is 0.231. The lowest BCUT2D eigenvalue weighted by atomic mass is 10.3. The van der Waals surface area contributed by atoms with Crippen molar-refractivity contribution in [1.82, 2.24) is 9.97 Å². The first-order valence-electron chi connectivity index (χ1n) is 6.76. The van der Waals surface area contributed by atoms with Gasteiger partial charge in [-0.05, 0) is 53.2 Å². The molecule has 0 saturated carbocycles. The summed E-state index contributed by atoms with van der Waals surface area (Å²) >= 11 is 3.37. The number of hydrogen-bond donors (Lipinski definition) is 4. The van der Waals surface area contributed by atoms with Crippen LogP contribution < -0.4 is 21.5 Å². The molecule has 2 rings (SSSR count). The molecule has 24 heavy (non-hydrogen) atoms. The molecule has 0 amide bonds. The molecule has 1 heterocycles. The first-order chi connectivity index (χ1) is 10.9. The molecule has 0 bridgehead atoms. The molecular formula is C13H18BrClN6O2S. The summed E-state index contributed by atoms with van der Waals surface area (Å²) in [7, 11) is -3.70. The van der Waals surface area contributed by atoms with Crippen LogP contribution in [-0.2, 0) is 10.0 Å². The number of nitrogens with one attached hydrogen (secondary N) is 2. The second-order valence-electron chi connectivity index (χ2n) is 4.65. The van der Waals surface area contributed by atoms with Crippen molar-refractivity contribution in [2.24, 2.45) is 10.9 Å². The molecule has 2 aromatic rings. The lowest BCUT2D eigenvalue weighted by Gasteiger charge is -2.10. The highest BCUT2D eigenvalue weighted by atomic mass is 79.9. The Morgan fingerprint density at radius 3 is 2.46 bits per heavy atom. The van der Waals surface area contributed by atoms with Gasteiger partial charge in [-0.1, -0.05) is 0 Å². The van der Waals surface area contributed by atoms with Gasteiger partial charge in [0.25, 0.3) is 0 Å². The fourth-order valence-corrected chi connectivity index (χ4v) is 2.56. The zero-order chi connectivity index (χ0) is 16.9. The van der Waals surface area contributed by atoms with E-state index in [1.54, 1.807) is 18.3 Å². The number of nitrogens with zero attached hydrogens (tertiary/aromatic N) is 2. The molecule has 0 aliphatic carbocycles. The van der Waals surface area contributed by atoms with Gasteiger partial charge in [0.1, 0.15) is 5.82 Å². The van der Waals surface area contributed by atoms with Crippen molar-refractivity contribution in [3.8, 4) is 0 Å². The van der Waals surface area contributed by atoms with Crippen molar-refractivity contribution in [3.05, 3.63) is 34.9 Å². The summed E-state index contributed by atoms with van der Waals surface area (Å²) < 4.78 is 23.2. The van der Waals surface area contributed by atoms with Gasteiger partial charge in [0.15, 0.2) is 0 Å². The summed E-state index contributed by atoms with van der Waals surface area (Å²) in [6.07, 6.45) is 2.45. The van der Waals surface area contributed by atoms with Crippen LogP contribution in [0.5, 0.6) is 0 Å². The molecule has 8 nitrogen and oxygen atoms in total. The third-order valence-corrected chi connectivity index (χ3v) is 4.37. The number of rotatable bonds is 7. The van der Waals surface area contributed by atoms with Crippen molar-refractivity contribution >= 4 is 55.8 Å². The normalized spacial score (nSPS) is 10.8. The molecule has 0 unspecified atom stereocenters. The fourth-order valence-electron chi connectivity index (χ4n) is 1.72. The van der Waals surface area contributed by atoms with Gasteiger partial charge in [-0.25, -0.2) is 18.5 Å². The number of sulfonamides is 1. The third-order valence-electron chi connectivity index (χ3n) is 2.86. The predicted octanol–water partition coefficient (Wildman–Crippen LogP) is 1.81. The van der Waals surface area contributed by atoms with Crippen LogP contribution in [0, 0.1) is 0 Å². The largest absolute Gasteiger partial charge is 0.369 e. The van der Waals surface area contributed by atoms with Crippen LogP contribution in [-0.4, -0.2) is 31.5 Å². The van der Waals surface area contributed by atoms with Crippen molar-refractivity contribution in [1.29, 1.82) is 0 Å². The van der Waals surface area contributed by atoms with E-state index in [9.17, 15) is 8.42 Å². The first kappa shape index (κ1) is 20.6. The molecule has 132 valence electrons. The Kier molecular flexibility index (Phi) is 7.84. The van der Waals surface area contributed by atoms with Crippen LogP contribution in [0.2, 0.25) is 0 Å². The lowest BCUT2D eigenvalue weighted by molar-refractivity contribution is 0.598. The number of halogens is 2. The number of primary sulfonamides is 1. The van der Waals surface area contributed by atoms with Crippen LogP contribution in [0.25, 0.3) is 0 Å². The van der Waals surface area contributed by atoms with E-state index in [2.05, 4.69) is 36.5 Å². The average Bonchev–Trinajstić information content (AvgIpc) is 2.50.